The molecule has 0 radical (unpaired) electrons. The van der Waals surface area contributed by atoms with Crippen LogP contribution in [0.5, 0.6) is 5.75 Å². The largest absolute Gasteiger partial charge is 0.484 e. The van der Waals surface area contributed by atoms with Crippen LogP contribution < -0.4 is 10.1 Å². The van der Waals surface area contributed by atoms with Crippen LogP contribution in [0.2, 0.25) is 0 Å². The number of hydrogen-bond donors (Lipinski definition) is 2. The number of carboxylic acid groups (broad SMARTS) is 1. The second-order valence-corrected chi connectivity index (χ2v) is 5.86. The minimum atomic E-state index is -1.05. The number of ether oxygens (including phenoxy) is 1. The zero-order valence-corrected chi connectivity index (χ0v) is 11.9. The summed E-state index contributed by atoms with van der Waals surface area (Å²) in [5, 5.41) is 11.6. The Kier molecular flexibility index (Phi) is 3.57. The van der Waals surface area contributed by atoms with Gasteiger partial charge in [-0.1, -0.05) is 6.07 Å². The molecule has 0 aromatic heterocycles. The van der Waals surface area contributed by atoms with Crippen LogP contribution in [0, 0.1) is 0 Å². The fourth-order valence-electron chi connectivity index (χ4n) is 2.77. The summed E-state index contributed by atoms with van der Waals surface area (Å²) in [6.45, 7) is -0.145. The molecule has 5 nitrogen and oxygen atoms in total. The number of benzene rings is 1. The molecule has 0 atom stereocenters. The van der Waals surface area contributed by atoms with E-state index in [0.29, 0.717) is 18.6 Å². The molecule has 21 heavy (non-hydrogen) atoms. The standard InChI is InChI=1S/C16H19NO4/c18-14(17-16(7-8-16)15(19)20)10-21-13-6-5-11-3-1-2-4-12(11)9-13/h5-6,9H,1-4,7-8,10H2,(H,17,18)(H,19,20). The van der Waals surface area contributed by atoms with Gasteiger partial charge in [0.25, 0.3) is 5.91 Å². The third-order valence-corrected chi connectivity index (χ3v) is 4.23. The van der Waals surface area contributed by atoms with Crippen molar-refractivity contribution in [2.24, 2.45) is 0 Å². The maximum Gasteiger partial charge on any atom is 0.329 e. The summed E-state index contributed by atoms with van der Waals surface area (Å²) in [6, 6.07) is 5.93. The van der Waals surface area contributed by atoms with Crippen molar-refractivity contribution in [3.8, 4) is 5.75 Å². The molecule has 1 saturated carbocycles. The van der Waals surface area contributed by atoms with Gasteiger partial charge in [-0.05, 0) is 61.8 Å². The summed E-state index contributed by atoms with van der Waals surface area (Å²) in [5.41, 5.74) is 1.61. The second-order valence-electron chi connectivity index (χ2n) is 5.86. The Morgan fingerprint density at radius 3 is 2.57 bits per heavy atom. The summed E-state index contributed by atoms with van der Waals surface area (Å²) in [7, 11) is 0. The van der Waals surface area contributed by atoms with Gasteiger partial charge >= 0.3 is 5.97 Å². The molecule has 112 valence electrons. The van der Waals surface area contributed by atoms with Gasteiger partial charge in [0.05, 0.1) is 0 Å². The molecule has 1 aromatic carbocycles. The zero-order valence-electron chi connectivity index (χ0n) is 11.9. The normalized spacial score (nSPS) is 18.5. The first kappa shape index (κ1) is 13.9. The first-order chi connectivity index (χ1) is 10.1. The molecule has 2 aliphatic carbocycles. The number of amides is 1. The van der Waals surface area contributed by atoms with E-state index in [1.165, 1.54) is 24.0 Å². The van der Waals surface area contributed by atoms with Crippen molar-refractivity contribution < 1.29 is 19.4 Å². The summed E-state index contributed by atoms with van der Waals surface area (Å²) < 4.78 is 5.48. The van der Waals surface area contributed by atoms with Crippen LogP contribution in [0.3, 0.4) is 0 Å². The SMILES string of the molecule is O=C(COc1ccc2c(c1)CCCC2)NC1(C(=O)O)CC1. The number of rotatable bonds is 5. The number of aliphatic carboxylic acids is 1. The lowest BCUT2D eigenvalue weighted by Crippen LogP contribution is -2.45. The van der Waals surface area contributed by atoms with Gasteiger partial charge in [0, 0.05) is 0 Å². The van der Waals surface area contributed by atoms with Crippen molar-refractivity contribution in [1.82, 2.24) is 5.32 Å². The number of nitrogens with one attached hydrogen (secondary N) is 1. The summed E-state index contributed by atoms with van der Waals surface area (Å²) >= 11 is 0. The average molecular weight is 289 g/mol. The van der Waals surface area contributed by atoms with Crippen LogP contribution in [-0.2, 0) is 22.4 Å². The van der Waals surface area contributed by atoms with Gasteiger partial charge < -0.3 is 15.2 Å². The maximum absolute atomic E-state index is 11.8. The molecule has 2 N–H and O–H groups in total. The van der Waals surface area contributed by atoms with Gasteiger partial charge in [0.2, 0.25) is 0 Å². The Balaban J connectivity index is 1.55. The molecule has 5 heteroatoms. The molecular weight excluding hydrogens is 270 g/mol. The molecule has 0 heterocycles. The zero-order chi connectivity index (χ0) is 14.9. The number of carboxylic acids is 1. The van der Waals surface area contributed by atoms with E-state index in [-0.39, 0.29) is 12.5 Å². The van der Waals surface area contributed by atoms with Gasteiger partial charge in [-0.15, -0.1) is 0 Å². The molecular formula is C16H19NO4. The molecule has 1 aromatic rings. The first-order valence-corrected chi connectivity index (χ1v) is 7.38. The molecule has 0 spiro atoms. The third-order valence-electron chi connectivity index (χ3n) is 4.23. The van der Waals surface area contributed by atoms with Crippen LogP contribution in [-0.4, -0.2) is 29.1 Å². The summed E-state index contributed by atoms with van der Waals surface area (Å²) in [4.78, 5) is 22.8. The van der Waals surface area contributed by atoms with Gasteiger partial charge in [-0.25, -0.2) is 4.79 Å². The minimum Gasteiger partial charge on any atom is -0.484 e. The molecule has 0 saturated heterocycles. The first-order valence-electron chi connectivity index (χ1n) is 7.38. The van der Waals surface area contributed by atoms with Crippen molar-refractivity contribution in [3.05, 3.63) is 29.3 Å². The van der Waals surface area contributed by atoms with Crippen LogP contribution in [0.4, 0.5) is 0 Å². The smallest absolute Gasteiger partial charge is 0.329 e. The quantitative estimate of drug-likeness (QED) is 0.864. The highest BCUT2D eigenvalue weighted by Gasteiger charge is 2.51. The van der Waals surface area contributed by atoms with Crippen LogP contribution in [0.25, 0.3) is 0 Å². The summed E-state index contributed by atoms with van der Waals surface area (Å²) in [6.07, 6.45) is 5.57. The Morgan fingerprint density at radius 1 is 1.19 bits per heavy atom. The van der Waals surface area contributed by atoms with Crippen LogP contribution >= 0.6 is 0 Å². The molecule has 1 fully saturated rings. The van der Waals surface area contributed by atoms with Crippen LogP contribution in [0.1, 0.15) is 36.8 Å². The van der Waals surface area contributed by atoms with Crippen LogP contribution in [0.15, 0.2) is 18.2 Å². The van der Waals surface area contributed by atoms with Gasteiger partial charge in [0.15, 0.2) is 6.61 Å². The van der Waals surface area contributed by atoms with Crippen molar-refractivity contribution >= 4 is 11.9 Å². The van der Waals surface area contributed by atoms with E-state index < -0.39 is 11.5 Å². The molecule has 0 aliphatic heterocycles. The Hall–Kier alpha value is -2.04. The van der Waals surface area contributed by atoms with Crippen molar-refractivity contribution in [1.29, 1.82) is 0 Å². The summed E-state index contributed by atoms with van der Waals surface area (Å²) in [5.74, 6) is -0.678. The Bertz CT molecular complexity index is 578. The maximum atomic E-state index is 11.8. The van der Waals surface area contributed by atoms with E-state index in [1.807, 2.05) is 12.1 Å². The van der Waals surface area contributed by atoms with E-state index >= 15 is 0 Å². The van der Waals surface area contributed by atoms with Gasteiger partial charge in [-0.2, -0.15) is 0 Å². The van der Waals surface area contributed by atoms with E-state index in [0.717, 1.165) is 12.8 Å². The number of aryl methyl sites for hydroxylation is 2. The number of carbonyl (C=O) groups is 2. The molecule has 3 rings (SSSR count). The lowest BCUT2D eigenvalue weighted by atomic mass is 9.92. The van der Waals surface area contributed by atoms with E-state index in [4.69, 9.17) is 9.84 Å². The predicted molar refractivity (Wildman–Crippen MR) is 76.3 cm³/mol. The third kappa shape index (κ3) is 3.01. The topological polar surface area (TPSA) is 75.6 Å². The molecule has 0 unspecified atom stereocenters. The number of carbonyl (C=O) groups excluding carboxylic acids is 1. The van der Waals surface area contributed by atoms with E-state index in [2.05, 4.69) is 11.4 Å². The van der Waals surface area contributed by atoms with Crippen molar-refractivity contribution in [2.45, 2.75) is 44.1 Å². The van der Waals surface area contributed by atoms with Gasteiger partial charge in [0.1, 0.15) is 11.3 Å². The van der Waals surface area contributed by atoms with Gasteiger partial charge in [-0.3, -0.25) is 4.79 Å². The highest BCUT2D eigenvalue weighted by Crippen LogP contribution is 2.35. The highest BCUT2D eigenvalue weighted by molar-refractivity contribution is 5.90. The van der Waals surface area contributed by atoms with E-state index in [1.54, 1.807) is 0 Å². The molecule has 1 amide bonds. The fourth-order valence-corrected chi connectivity index (χ4v) is 2.77. The fraction of sp³-hybridized carbons (Fsp3) is 0.500. The lowest BCUT2D eigenvalue weighted by Gasteiger charge is -2.17. The molecule has 0 bridgehead atoms. The highest BCUT2D eigenvalue weighted by atomic mass is 16.5. The average Bonchev–Trinajstić information content (AvgIpc) is 3.26. The Labute approximate surface area is 123 Å². The van der Waals surface area contributed by atoms with Crippen molar-refractivity contribution in [3.63, 3.8) is 0 Å². The van der Waals surface area contributed by atoms with Crippen molar-refractivity contribution in [2.75, 3.05) is 6.61 Å². The monoisotopic (exact) mass is 289 g/mol. The molecule has 2 aliphatic rings. The minimum absolute atomic E-state index is 0.145. The van der Waals surface area contributed by atoms with E-state index in [9.17, 15) is 9.59 Å². The predicted octanol–water partition coefficient (Wildman–Crippen LogP) is 1.68. The number of fused-ring (bicyclic) bond motifs is 1. The number of hydrogen-bond acceptors (Lipinski definition) is 3. The second kappa shape index (κ2) is 5.39. The Morgan fingerprint density at radius 2 is 1.90 bits per heavy atom. The lowest BCUT2D eigenvalue weighted by molar-refractivity contribution is -0.143.